The van der Waals surface area contributed by atoms with E-state index in [0.717, 1.165) is 29.5 Å². The summed E-state index contributed by atoms with van der Waals surface area (Å²) >= 11 is 1.50. The number of benzene rings is 2. The summed E-state index contributed by atoms with van der Waals surface area (Å²) in [6.45, 7) is 1.92. The number of alkyl halides is 3. The summed E-state index contributed by atoms with van der Waals surface area (Å²) in [7, 11) is 0. The van der Waals surface area contributed by atoms with Gasteiger partial charge in [-0.3, -0.25) is 4.79 Å². The van der Waals surface area contributed by atoms with Crippen molar-refractivity contribution in [2.75, 3.05) is 11.1 Å². The number of hydrogen-bond acceptors (Lipinski definition) is 4. The number of anilines is 1. The van der Waals surface area contributed by atoms with Crippen molar-refractivity contribution in [3.8, 4) is 11.3 Å². The number of rotatable bonds is 10. The van der Waals surface area contributed by atoms with E-state index in [9.17, 15) is 22.8 Å². The number of hydrogen-bond donors (Lipinski definition) is 1. The van der Waals surface area contributed by atoms with Gasteiger partial charge in [0.05, 0.1) is 5.56 Å². The Morgan fingerprint density at radius 2 is 1.88 bits per heavy atom. The molecule has 8 heteroatoms. The molecule has 33 heavy (non-hydrogen) atoms. The highest BCUT2D eigenvalue weighted by atomic mass is 32.2. The van der Waals surface area contributed by atoms with Crippen LogP contribution in [0.2, 0.25) is 0 Å². The van der Waals surface area contributed by atoms with E-state index in [1.54, 1.807) is 6.07 Å². The van der Waals surface area contributed by atoms with Crippen molar-refractivity contribution in [1.82, 2.24) is 0 Å². The number of nitrogens with one attached hydrogen (secondary N) is 1. The highest BCUT2D eigenvalue weighted by Gasteiger charge is 2.30. The van der Waals surface area contributed by atoms with Crippen molar-refractivity contribution >= 4 is 29.6 Å². The van der Waals surface area contributed by atoms with Crippen molar-refractivity contribution in [3.05, 3.63) is 77.0 Å². The first-order valence-corrected chi connectivity index (χ1v) is 11.6. The predicted molar refractivity (Wildman–Crippen MR) is 124 cm³/mol. The van der Waals surface area contributed by atoms with Gasteiger partial charge in [-0.05, 0) is 47.9 Å². The van der Waals surface area contributed by atoms with Crippen LogP contribution in [0.4, 0.5) is 18.9 Å². The Bertz CT molecular complexity index is 1090. The zero-order chi connectivity index (χ0) is 23.8. The van der Waals surface area contributed by atoms with Crippen LogP contribution in [0.3, 0.4) is 0 Å². The van der Waals surface area contributed by atoms with Crippen LogP contribution in [-0.2, 0) is 34.4 Å². The molecule has 1 aromatic heterocycles. The standard InChI is InChI=1S/C25H24F3NO3S/c1-2-22-19(15-23(32-22)18-6-9-20(10-7-18)25(26,27)28)8-11-24(31)29-21-5-3-4-17(14-21)16-33-13-12-30/h3-7,9-10,12,14-15H,2,8,11,13,16H2,1H3,(H,29,31). The van der Waals surface area contributed by atoms with Gasteiger partial charge in [0.2, 0.25) is 5.91 Å². The number of carbonyl (C=O) groups excluding carboxylic acids is 2. The molecule has 0 bridgehead atoms. The molecule has 0 saturated carbocycles. The van der Waals surface area contributed by atoms with E-state index in [0.29, 0.717) is 47.1 Å². The molecule has 0 aliphatic heterocycles. The molecule has 0 spiro atoms. The number of thioether (sulfide) groups is 1. The number of carbonyl (C=O) groups is 2. The summed E-state index contributed by atoms with van der Waals surface area (Å²) in [5.74, 6) is 2.16. The molecule has 2 aromatic carbocycles. The maximum Gasteiger partial charge on any atom is 0.416 e. The smallest absolute Gasteiger partial charge is 0.416 e. The lowest BCUT2D eigenvalue weighted by molar-refractivity contribution is -0.137. The van der Waals surface area contributed by atoms with Crippen LogP contribution in [0.15, 0.2) is 59.0 Å². The minimum atomic E-state index is -4.39. The third-order valence-corrected chi connectivity index (χ3v) is 5.91. The Morgan fingerprint density at radius 1 is 1.12 bits per heavy atom. The lowest BCUT2D eigenvalue weighted by Crippen LogP contribution is -2.12. The highest BCUT2D eigenvalue weighted by Crippen LogP contribution is 2.32. The molecule has 4 nitrogen and oxygen atoms in total. The normalized spacial score (nSPS) is 11.4. The van der Waals surface area contributed by atoms with Crippen LogP contribution in [0.25, 0.3) is 11.3 Å². The Balaban J connectivity index is 1.62. The summed E-state index contributed by atoms with van der Waals surface area (Å²) in [5.41, 5.74) is 2.41. The number of halogens is 3. The average molecular weight is 476 g/mol. The first-order chi connectivity index (χ1) is 15.8. The van der Waals surface area contributed by atoms with Crippen molar-refractivity contribution in [3.63, 3.8) is 0 Å². The Labute approximate surface area is 194 Å². The fourth-order valence-corrected chi connectivity index (χ4v) is 4.01. The van der Waals surface area contributed by atoms with Crippen LogP contribution in [0.1, 0.15) is 35.8 Å². The first-order valence-electron chi connectivity index (χ1n) is 10.5. The van der Waals surface area contributed by atoms with Crippen molar-refractivity contribution < 1.29 is 27.2 Å². The van der Waals surface area contributed by atoms with Gasteiger partial charge in [0, 0.05) is 35.6 Å². The summed E-state index contributed by atoms with van der Waals surface area (Å²) in [5, 5.41) is 2.88. The topological polar surface area (TPSA) is 59.3 Å². The summed E-state index contributed by atoms with van der Waals surface area (Å²) < 4.78 is 44.2. The summed E-state index contributed by atoms with van der Waals surface area (Å²) in [4.78, 5) is 22.9. The Hall–Kier alpha value is -3.00. The second-order valence-electron chi connectivity index (χ2n) is 7.42. The maximum atomic E-state index is 12.8. The molecule has 3 aromatic rings. The summed E-state index contributed by atoms with van der Waals surface area (Å²) in [6.07, 6.45) is -2.22. The molecule has 0 saturated heterocycles. The fourth-order valence-electron chi connectivity index (χ4n) is 3.38. The molecule has 174 valence electrons. The van der Waals surface area contributed by atoms with E-state index < -0.39 is 11.7 Å². The second-order valence-corrected chi connectivity index (χ2v) is 8.45. The fraction of sp³-hybridized carbons (Fsp3) is 0.280. The largest absolute Gasteiger partial charge is 0.461 e. The first kappa shape index (κ1) is 24.6. The van der Waals surface area contributed by atoms with Gasteiger partial charge in [0.1, 0.15) is 17.8 Å². The van der Waals surface area contributed by atoms with Crippen molar-refractivity contribution in [2.45, 2.75) is 38.1 Å². The second kappa shape index (κ2) is 11.2. The number of amides is 1. The molecule has 3 rings (SSSR count). The van der Waals surface area contributed by atoms with Crippen molar-refractivity contribution in [1.29, 1.82) is 0 Å². The number of aryl methyl sites for hydroxylation is 2. The molecule has 0 radical (unpaired) electrons. The molecular weight excluding hydrogens is 451 g/mol. The molecule has 0 aliphatic carbocycles. The van der Waals surface area contributed by atoms with E-state index in [1.165, 1.54) is 23.9 Å². The lowest BCUT2D eigenvalue weighted by atomic mass is 10.1. The average Bonchev–Trinajstić information content (AvgIpc) is 3.21. The van der Waals surface area contributed by atoms with Crippen LogP contribution in [-0.4, -0.2) is 17.9 Å². The minimum absolute atomic E-state index is 0.146. The van der Waals surface area contributed by atoms with E-state index in [4.69, 9.17) is 4.42 Å². The van der Waals surface area contributed by atoms with Crippen LogP contribution < -0.4 is 5.32 Å². The SMILES string of the molecule is CCc1oc(-c2ccc(C(F)(F)F)cc2)cc1CCC(=O)Nc1cccc(CSCC=O)c1. The quantitative estimate of drug-likeness (QED) is 0.268. The molecule has 1 amide bonds. The number of furan rings is 1. The molecule has 1 N–H and O–H groups in total. The van der Waals surface area contributed by atoms with E-state index in [2.05, 4.69) is 5.32 Å². The number of aldehydes is 1. The molecule has 0 atom stereocenters. The van der Waals surface area contributed by atoms with Crippen molar-refractivity contribution in [2.24, 2.45) is 0 Å². The highest BCUT2D eigenvalue weighted by molar-refractivity contribution is 7.99. The maximum absolute atomic E-state index is 12.8. The molecule has 0 unspecified atom stereocenters. The van der Waals surface area contributed by atoms with E-state index in [1.807, 2.05) is 31.2 Å². The zero-order valence-electron chi connectivity index (χ0n) is 18.1. The van der Waals surface area contributed by atoms with Gasteiger partial charge in [0.25, 0.3) is 0 Å². The minimum Gasteiger partial charge on any atom is -0.461 e. The molecule has 0 fully saturated rings. The van der Waals surface area contributed by atoms with Crippen LogP contribution in [0, 0.1) is 0 Å². The third kappa shape index (κ3) is 6.99. The zero-order valence-corrected chi connectivity index (χ0v) is 18.9. The Morgan fingerprint density at radius 3 is 2.55 bits per heavy atom. The van der Waals surface area contributed by atoms with Gasteiger partial charge >= 0.3 is 6.18 Å². The van der Waals surface area contributed by atoms with Gasteiger partial charge in [-0.2, -0.15) is 13.2 Å². The van der Waals surface area contributed by atoms with Gasteiger partial charge < -0.3 is 14.5 Å². The third-order valence-electron chi connectivity index (χ3n) is 5.00. The predicted octanol–water partition coefficient (Wildman–Crippen LogP) is 6.53. The molecular formula is C25H24F3NO3S. The monoisotopic (exact) mass is 475 g/mol. The van der Waals surface area contributed by atoms with Gasteiger partial charge in [0.15, 0.2) is 0 Å². The molecule has 1 heterocycles. The van der Waals surface area contributed by atoms with Gasteiger partial charge in [-0.15, -0.1) is 11.8 Å². The summed E-state index contributed by atoms with van der Waals surface area (Å²) in [6, 6.07) is 14.1. The van der Waals surface area contributed by atoms with Crippen LogP contribution in [0.5, 0.6) is 0 Å². The van der Waals surface area contributed by atoms with Crippen LogP contribution >= 0.6 is 11.8 Å². The van der Waals surface area contributed by atoms with E-state index >= 15 is 0 Å². The van der Waals surface area contributed by atoms with E-state index in [-0.39, 0.29) is 12.3 Å². The lowest BCUT2D eigenvalue weighted by Gasteiger charge is -2.07. The Kier molecular flexibility index (Phi) is 8.38. The van der Waals surface area contributed by atoms with Gasteiger partial charge in [-0.1, -0.05) is 31.2 Å². The van der Waals surface area contributed by atoms with Gasteiger partial charge in [-0.25, -0.2) is 0 Å². The molecule has 0 aliphatic rings.